The van der Waals surface area contributed by atoms with Crippen molar-refractivity contribution in [3.63, 3.8) is 0 Å². The molecular formula is C7H7NO2S. The molecule has 0 amide bonds. The maximum absolute atomic E-state index is 10.6. The van der Waals surface area contributed by atoms with Gasteiger partial charge < -0.3 is 5.11 Å². The van der Waals surface area contributed by atoms with Crippen LogP contribution in [0.4, 0.5) is 0 Å². The van der Waals surface area contributed by atoms with Gasteiger partial charge in [-0.3, -0.25) is 0 Å². The van der Waals surface area contributed by atoms with Crippen molar-refractivity contribution < 1.29 is 9.90 Å². The summed E-state index contributed by atoms with van der Waals surface area (Å²) in [5, 5.41) is 10.3. The number of carbonyl (C=O) groups is 1. The molecule has 4 heteroatoms. The molecule has 1 aliphatic carbocycles. The van der Waals surface area contributed by atoms with E-state index in [0.717, 1.165) is 18.5 Å². The Kier molecular flexibility index (Phi) is 1.42. The second-order valence-corrected chi connectivity index (χ2v) is 3.32. The molecule has 1 fully saturated rings. The fourth-order valence-corrected chi connectivity index (χ4v) is 1.80. The van der Waals surface area contributed by atoms with Crippen LogP contribution >= 0.6 is 11.5 Å². The van der Waals surface area contributed by atoms with Gasteiger partial charge in [0.2, 0.25) is 0 Å². The molecule has 1 heterocycles. The van der Waals surface area contributed by atoms with Gasteiger partial charge in [0.15, 0.2) is 0 Å². The summed E-state index contributed by atoms with van der Waals surface area (Å²) in [5.74, 6) is -0.409. The molecule has 0 spiro atoms. The number of aromatic carboxylic acids is 1. The monoisotopic (exact) mass is 169 g/mol. The van der Waals surface area contributed by atoms with E-state index in [9.17, 15) is 4.79 Å². The molecular weight excluding hydrogens is 162 g/mol. The summed E-state index contributed by atoms with van der Waals surface area (Å²) in [6.45, 7) is 0. The number of nitrogens with zero attached hydrogens (tertiary/aromatic N) is 1. The lowest BCUT2D eigenvalue weighted by Gasteiger charge is -1.91. The van der Waals surface area contributed by atoms with Crippen molar-refractivity contribution in [2.24, 2.45) is 0 Å². The summed E-state index contributed by atoms with van der Waals surface area (Å²) in [4.78, 5) is 10.6. The summed E-state index contributed by atoms with van der Waals surface area (Å²) in [6.07, 6.45) is 2.20. The summed E-state index contributed by atoms with van der Waals surface area (Å²) >= 11 is 1.23. The predicted octanol–water partition coefficient (Wildman–Crippen LogP) is 1.72. The van der Waals surface area contributed by atoms with Gasteiger partial charge in [0.05, 0.1) is 11.3 Å². The van der Waals surface area contributed by atoms with Crippen LogP contribution in [-0.4, -0.2) is 15.4 Å². The van der Waals surface area contributed by atoms with Crippen LogP contribution in [0, 0.1) is 0 Å². The van der Waals surface area contributed by atoms with Crippen molar-refractivity contribution in [3.05, 3.63) is 16.6 Å². The number of hydrogen-bond acceptors (Lipinski definition) is 3. The lowest BCUT2D eigenvalue weighted by atomic mass is 10.2. The van der Waals surface area contributed by atoms with Crippen molar-refractivity contribution in [2.75, 3.05) is 0 Å². The maximum atomic E-state index is 10.6. The molecule has 0 bridgehead atoms. The van der Waals surface area contributed by atoms with Crippen LogP contribution < -0.4 is 0 Å². The topological polar surface area (TPSA) is 50.2 Å². The molecule has 0 atom stereocenters. The normalized spacial score (nSPS) is 16.7. The van der Waals surface area contributed by atoms with Gasteiger partial charge in [-0.05, 0) is 24.4 Å². The molecule has 0 aromatic carbocycles. The Morgan fingerprint density at radius 2 is 2.45 bits per heavy atom. The van der Waals surface area contributed by atoms with Crippen LogP contribution in [0.5, 0.6) is 0 Å². The van der Waals surface area contributed by atoms with Crippen LogP contribution in [0.25, 0.3) is 0 Å². The zero-order valence-electron chi connectivity index (χ0n) is 5.78. The van der Waals surface area contributed by atoms with Crippen LogP contribution in [0.3, 0.4) is 0 Å². The highest BCUT2D eigenvalue weighted by atomic mass is 32.1. The average Bonchev–Trinajstić information content (AvgIpc) is 2.68. The number of carboxylic acids is 1. The van der Waals surface area contributed by atoms with Crippen LogP contribution in [0.1, 0.15) is 34.8 Å². The lowest BCUT2D eigenvalue weighted by Crippen LogP contribution is -1.98. The van der Waals surface area contributed by atoms with Crippen molar-refractivity contribution >= 4 is 17.5 Å². The first-order valence-electron chi connectivity index (χ1n) is 3.46. The lowest BCUT2D eigenvalue weighted by molar-refractivity contribution is 0.0696. The minimum Gasteiger partial charge on any atom is -0.478 e. The van der Waals surface area contributed by atoms with Crippen LogP contribution in [0.15, 0.2) is 5.38 Å². The molecule has 3 nitrogen and oxygen atoms in total. The Labute approximate surface area is 67.8 Å². The third kappa shape index (κ3) is 1.14. The Balaban J connectivity index is 2.37. The van der Waals surface area contributed by atoms with Gasteiger partial charge in [-0.1, -0.05) is 0 Å². The van der Waals surface area contributed by atoms with Gasteiger partial charge in [-0.25, -0.2) is 4.79 Å². The Hall–Kier alpha value is -0.900. The molecule has 1 aromatic rings. The fourth-order valence-electron chi connectivity index (χ4n) is 1.06. The van der Waals surface area contributed by atoms with Gasteiger partial charge >= 0.3 is 5.97 Å². The molecule has 1 N–H and O–H groups in total. The zero-order valence-corrected chi connectivity index (χ0v) is 6.60. The molecule has 0 aliphatic heterocycles. The third-order valence-electron chi connectivity index (χ3n) is 1.79. The van der Waals surface area contributed by atoms with Crippen LogP contribution in [0.2, 0.25) is 0 Å². The maximum Gasteiger partial charge on any atom is 0.338 e. The molecule has 1 aromatic heterocycles. The van der Waals surface area contributed by atoms with Crippen molar-refractivity contribution in [1.29, 1.82) is 0 Å². The number of carboxylic acid groups (broad SMARTS) is 1. The predicted molar refractivity (Wildman–Crippen MR) is 41.0 cm³/mol. The van der Waals surface area contributed by atoms with E-state index in [1.54, 1.807) is 5.38 Å². The highest BCUT2D eigenvalue weighted by molar-refractivity contribution is 7.03. The largest absolute Gasteiger partial charge is 0.478 e. The van der Waals surface area contributed by atoms with Gasteiger partial charge in [-0.2, -0.15) is 4.37 Å². The number of hydrogen-bond donors (Lipinski definition) is 1. The first-order valence-corrected chi connectivity index (χ1v) is 4.30. The quantitative estimate of drug-likeness (QED) is 0.733. The van der Waals surface area contributed by atoms with Gasteiger partial charge in [0.25, 0.3) is 0 Å². The molecule has 0 saturated heterocycles. The molecule has 58 valence electrons. The van der Waals surface area contributed by atoms with E-state index in [-0.39, 0.29) is 0 Å². The van der Waals surface area contributed by atoms with E-state index in [1.807, 2.05) is 0 Å². The number of rotatable bonds is 2. The van der Waals surface area contributed by atoms with Gasteiger partial charge in [0.1, 0.15) is 0 Å². The highest BCUT2D eigenvalue weighted by Crippen LogP contribution is 2.41. The summed E-state index contributed by atoms with van der Waals surface area (Å²) in [6, 6.07) is 0. The van der Waals surface area contributed by atoms with E-state index in [0.29, 0.717) is 11.5 Å². The first kappa shape index (κ1) is 6.79. The summed E-state index contributed by atoms with van der Waals surface area (Å²) in [5.41, 5.74) is 1.19. The molecule has 2 rings (SSSR count). The molecule has 1 aliphatic rings. The standard InChI is InChI=1S/C7H7NO2S/c9-7(10)5-3-11-8-6(5)4-1-2-4/h3-4H,1-2H2,(H,9,10). The van der Waals surface area contributed by atoms with Crippen molar-refractivity contribution in [1.82, 2.24) is 4.37 Å². The second-order valence-electron chi connectivity index (χ2n) is 2.69. The fraction of sp³-hybridized carbons (Fsp3) is 0.429. The smallest absolute Gasteiger partial charge is 0.338 e. The second kappa shape index (κ2) is 2.30. The minimum atomic E-state index is -0.847. The minimum absolute atomic E-state index is 0.400. The van der Waals surface area contributed by atoms with E-state index in [2.05, 4.69) is 4.37 Å². The third-order valence-corrected chi connectivity index (χ3v) is 2.44. The molecule has 1 saturated carbocycles. The summed E-state index contributed by atoms with van der Waals surface area (Å²) in [7, 11) is 0. The van der Waals surface area contributed by atoms with Crippen LogP contribution in [-0.2, 0) is 0 Å². The first-order chi connectivity index (χ1) is 5.29. The van der Waals surface area contributed by atoms with Gasteiger partial charge in [0, 0.05) is 11.3 Å². The van der Waals surface area contributed by atoms with E-state index >= 15 is 0 Å². The van der Waals surface area contributed by atoms with Crippen molar-refractivity contribution in [3.8, 4) is 0 Å². The highest BCUT2D eigenvalue weighted by Gasteiger charge is 2.30. The van der Waals surface area contributed by atoms with Crippen molar-refractivity contribution in [2.45, 2.75) is 18.8 Å². The van der Waals surface area contributed by atoms with E-state index in [1.165, 1.54) is 11.5 Å². The Bertz CT molecular complexity index is 290. The molecule has 11 heavy (non-hydrogen) atoms. The summed E-state index contributed by atoms with van der Waals surface area (Å²) < 4.78 is 4.06. The Morgan fingerprint density at radius 3 is 3.00 bits per heavy atom. The number of aromatic nitrogens is 1. The van der Waals surface area contributed by atoms with E-state index < -0.39 is 5.97 Å². The molecule has 0 radical (unpaired) electrons. The van der Waals surface area contributed by atoms with Gasteiger partial charge in [-0.15, -0.1) is 0 Å². The zero-order chi connectivity index (χ0) is 7.84. The SMILES string of the molecule is O=C(O)c1csnc1C1CC1. The Morgan fingerprint density at radius 1 is 1.73 bits per heavy atom. The average molecular weight is 169 g/mol. The van der Waals surface area contributed by atoms with E-state index in [4.69, 9.17) is 5.11 Å². The molecule has 0 unspecified atom stereocenters.